The van der Waals surface area contributed by atoms with Gasteiger partial charge in [0.05, 0.1) is 16.2 Å². The summed E-state index contributed by atoms with van der Waals surface area (Å²) in [6.07, 6.45) is 1.32. The molecular weight excluding hydrogens is 372 g/mol. The van der Waals surface area contributed by atoms with Gasteiger partial charge in [-0.15, -0.1) is 11.3 Å². The van der Waals surface area contributed by atoms with Crippen molar-refractivity contribution in [3.8, 4) is 0 Å². The van der Waals surface area contributed by atoms with Gasteiger partial charge in [-0.25, -0.2) is 4.79 Å². The molecule has 0 unspecified atom stereocenters. The molecule has 3 amide bonds. The van der Waals surface area contributed by atoms with Crippen LogP contribution in [0, 0.1) is 12.8 Å². The number of pyridine rings is 1. The number of aryl methyl sites for hydroxylation is 1. The highest BCUT2D eigenvalue weighted by Crippen LogP contribution is 2.25. The van der Waals surface area contributed by atoms with Gasteiger partial charge in [-0.3, -0.25) is 15.1 Å². The lowest BCUT2D eigenvalue weighted by Crippen LogP contribution is -2.43. The van der Waals surface area contributed by atoms with Crippen molar-refractivity contribution in [1.82, 2.24) is 9.88 Å². The Morgan fingerprint density at radius 2 is 1.89 bits per heavy atom. The molecule has 144 valence electrons. The van der Waals surface area contributed by atoms with Gasteiger partial charge in [-0.05, 0) is 61.5 Å². The number of piperidine rings is 1. The summed E-state index contributed by atoms with van der Waals surface area (Å²) in [7, 11) is 0. The molecule has 2 aromatic heterocycles. The molecule has 0 saturated carbocycles. The molecule has 4 rings (SSSR count). The topological polar surface area (TPSA) is 74.3 Å². The second-order valence-electron chi connectivity index (χ2n) is 6.98. The molecule has 0 spiro atoms. The van der Waals surface area contributed by atoms with Gasteiger partial charge in [-0.2, -0.15) is 0 Å². The summed E-state index contributed by atoms with van der Waals surface area (Å²) in [6.45, 7) is 3.10. The predicted molar refractivity (Wildman–Crippen MR) is 113 cm³/mol. The Kier molecular flexibility index (Phi) is 5.25. The van der Waals surface area contributed by atoms with E-state index in [-0.39, 0.29) is 17.9 Å². The third kappa shape index (κ3) is 3.99. The number of carbonyl (C=O) groups excluding carboxylic acids is 2. The lowest BCUT2D eigenvalue weighted by atomic mass is 9.96. The number of hydrogen-bond acceptors (Lipinski definition) is 4. The molecule has 0 aliphatic carbocycles. The van der Waals surface area contributed by atoms with Crippen molar-refractivity contribution >= 4 is 44.9 Å². The number of hydrogen-bond donors (Lipinski definition) is 2. The number of anilines is 2. The SMILES string of the molecule is Cc1ccc2c(NC(=O)C3CCN(C(=O)Nc4cccs4)CC3)cccc2n1. The fourth-order valence-corrected chi connectivity index (χ4v) is 4.09. The second kappa shape index (κ2) is 7.98. The predicted octanol–water partition coefficient (Wildman–Crippen LogP) is 4.49. The van der Waals surface area contributed by atoms with Crippen LogP contribution in [0.1, 0.15) is 18.5 Å². The molecular formula is C21H22N4O2S. The monoisotopic (exact) mass is 394 g/mol. The van der Waals surface area contributed by atoms with Gasteiger partial charge in [0.15, 0.2) is 0 Å². The van der Waals surface area contributed by atoms with E-state index >= 15 is 0 Å². The largest absolute Gasteiger partial charge is 0.325 e. The van der Waals surface area contributed by atoms with Crippen LogP contribution in [0.15, 0.2) is 47.8 Å². The summed E-state index contributed by atoms with van der Waals surface area (Å²) in [4.78, 5) is 31.4. The minimum absolute atomic E-state index is 0.00592. The Balaban J connectivity index is 1.36. The molecule has 0 atom stereocenters. The van der Waals surface area contributed by atoms with E-state index < -0.39 is 0 Å². The molecule has 0 bridgehead atoms. The number of benzene rings is 1. The summed E-state index contributed by atoms with van der Waals surface area (Å²) in [5.74, 6) is -0.0918. The van der Waals surface area contributed by atoms with E-state index in [1.54, 1.807) is 4.90 Å². The number of nitrogens with zero attached hydrogens (tertiary/aromatic N) is 2. The summed E-state index contributed by atoms with van der Waals surface area (Å²) < 4.78 is 0. The number of rotatable bonds is 3. The van der Waals surface area contributed by atoms with Crippen molar-refractivity contribution < 1.29 is 9.59 Å². The number of amides is 3. The summed E-state index contributed by atoms with van der Waals surface area (Å²) in [5, 5.41) is 9.66. The van der Waals surface area contributed by atoms with Crippen LogP contribution in [-0.4, -0.2) is 34.9 Å². The van der Waals surface area contributed by atoms with E-state index in [1.807, 2.05) is 54.8 Å². The van der Waals surface area contributed by atoms with Crippen molar-refractivity contribution in [2.45, 2.75) is 19.8 Å². The number of fused-ring (bicyclic) bond motifs is 1. The van der Waals surface area contributed by atoms with Crippen LogP contribution in [0.2, 0.25) is 0 Å². The Morgan fingerprint density at radius 1 is 1.07 bits per heavy atom. The zero-order valence-electron chi connectivity index (χ0n) is 15.6. The summed E-state index contributed by atoms with van der Waals surface area (Å²) in [6, 6.07) is 13.4. The van der Waals surface area contributed by atoms with Crippen LogP contribution in [0.3, 0.4) is 0 Å². The maximum Gasteiger partial charge on any atom is 0.322 e. The van der Waals surface area contributed by atoms with E-state index in [0.717, 1.165) is 27.3 Å². The van der Waals surface area contributed by atoms with Crippen LogP contribution in [-0.2, 0) is 4.79 Å². The average Bonchev–Trinajstić information content (AvgIpc) is 3.21. The number of nitrogens with one attached hydrogen (secondary N) is 2. The maximum atomic E-state index is 12.8. The Labute approximate surface area is 167 Å². The number of likely N-dealkylation sites (tertiary alicyclic amines) is 1. The Bertz CT molecular complexity index is 995. The van der Waals surface area contributed by atoms with Gasteiger partial charge in [0.2, 0.25) is 5.91 Å². The minimum atomic E-state index is -0.100. The minimum Gasteiger partial charge on any atom is -0.325 e. The maximum absolute atomic E-state index is 12.8. The van der Waals surface area contributed by atoms with E-state index in [9.17, 15) is 9.59 Å². The molecule has 0 radical (unpaired) electrons. The van der Waals surface area contributed by atoms with E-state index in [0.29, 0.717) is 25.9 Å². The lowest BCUT2D eigenvalue weighted by Gasteiger charge is -2.31. The van der Waals surface area contributed by atoms with E-state index in [4.69, 9.17) is 0 Å². The molecule has 28 heavy (non-hydrogen) atoms. The van der Waals surface area contributed by atoms with E-state index in [2.05, 4.69) is 15.6 Å². The van der Waals surface area contributed by atoms with Gasteiger partial charge < -0.3 is 10.2 Å². The molecule has 3 aromatic rings. The lowest BCUT2D eigenvalue weighted by molar-refractivity contribution is -0.121. The first kappa shape index (κ1) is 18.4. The highest BCUT2D eigenvalue weighted by Gasteiger charge is 2.27. The fraction of sp³-hybridized carbons (Fsp3) is 0.286. The molecule has 7 heteroatoms. The standard InChI is InChI=1S/C21H22N4O2S/c1-14-7-8-16-17(22-14)4-2-5-18(16)23-20(26)15-9-11-25(12-10-15)21(27)24-19-6-3-13-28-19/h2-8,13,15H,9-12H2,1H3,(H,23,26)(H,24,27). The van der Waals surface area contributed by atoms with Crippen molar-refractivity contribution in [2.24, 2.45) is 5.92 Å². The molecule has 2 N–H and O–H groups in total. The van der Waals surface area contributed by atoms with Gasteiger partial charge in [0.25, 0.3) is 0 Å². The van der Waals surface area contributed by atoms with Gasteiger partial charge in [-0.1, -0.05) is 6.07 Å². The van der Waals surface area contributed by atoms with Crippen LogP contribution < -0.4 is 10.6 Å². The van der Waals surface area contributed by atoms with E-state index in [1.165, 1.54) is 11.3 Å². The molecule has 1 saturated heterocycles. The second-order valence-corrected chi connectivity index (χ2v) is 7.93. The summed E-state index contributed by atoms with van der Waals surface area (Å²) in [5.41, 5.74) is 2.61. The van der Waals surface area contributed by atoms with Crippen molar-refractivity contribution in [2.75, 3.05) is 23.7 Å². The number of carbonyl (C=O) groups is 2. The first-order chi connectivity index (χ1) is 13.6. The van der Waals surface area contributed by atoms with Crippen LogP contribution in [0.25, 0.3) is 10.9 Å². The number of aromatic nitrogens is 1. The number of thiophene rings is 1. The normalized spacial score (nSPS) is 14.8. The zero-order chi connectivity index (χ0) is 19.5. The zero-order valence-corrected chi connectivity index (χ0v) is 16.5. The first-order valence-electron chi connectivity index (χ1n) is 9.37. The Hall–Kier alpha value is -2.93. The van der Waals surface area contributed by atoms with Gasteiger partial charge in [0.1, 0.15) is 0 Å². The first-order valence-corrected chi connectivity index (χ1v) is 10.2. The number of urea groups is 1. The molecule has 1 aromatic carbocycles. The van der Waals surface area contributed by atoms with Crippen LogP contribution >= 0.6 is 11.3 Å². The van der Waals surface area contributed by atoms with Crippen molar-refractivity contribution in [1.29, 1.82) is 0 Å². The fourth-order valence-electron chi connectivity index (χ4n) is 3.48. The highest BCUT2D eigenvalue weighted by atomic mass is 32.1. The van der Waals surface area contributed by atoms with Crippen molar-refractivity contribution in [3.63, 3.8) is 0 Å². The Morgan fingerprint density at radius 3 is 2.64 bits per heavy atom. The smallest absolute Gasteiger partial charge is 0.322 e. The molecule has 1 fully saturated rings. The molecule has 3 heterocycles. The molecule has 1 aliphatic heterocycles. The third-order valence-corrected chi connectivity index (χ3v) is 5.82. The average molecular weight is 395 g/mol. The quantitative estimate of drug-likeness (QED) is 0.687. The van der Waals surface area contributed by atoms with Crippen molar-refractivity contribution in [3.05, 3.63) is 53.5 Å². The van der Waals surface area contributed by atoms with Crippen LogP contribution in [0.5, 0.6) is 0 Å². The molecule has 6 nitrogen and oxygen atoms in total. The van der Waals surface area contributed by atoms with Crippen LogP contribution in [0.4, 0.5) is 15.5 Å². The van der Waals surface area contributed by atoms with Gasteiger partial charge in [0, 0.05) is 30.1 Å². The summed E-state index contributed by atoms with van der Waals surface area (Å²) >= 11 is 1.50. The molecule has 1 aliphatic rings. The highest BCUT2D eigenvalue weighted by molar-refractivity contribution is 7.14. The van der Waals surface area contributed by atoms with Gasteiger partial charge >= 0.3 is 6.03 Å². The third-order valence-electron chi connectivity index (χ3n) is 5.03.